The minimum absolute atomic E-state index is 0.189. The van der Waals surface area contributed by atoms with Crippen molar-refractivity contribution in [1.82, 2.24) is 0 Å². The second kappa shape index (κ2) is 3.93. The molecule has 0 aliphatic carbocycles. The van der Waals surface area contributed by atoms with Gasteiger partial charge in [-0.25, -0.2) is 4.39 Å². The van der Waals surface area contributed by atoms with Crippen molar-refractivity contribution >= 4 is 21.7 Å². The van der Waals surface area contributed by atoms with Crippen LogP contribution in [0.2, 0.25) is 0 Å². The predicted octanol–water partition coefficient (Wildman–Crippen LogP) is 1.14. The first-order chi connectivity index (χ1) is 6.49. The number of hydrogen-bond acceptors (Lipinski definition) is 4. The normalized spacial score (nSPS) is 10.2. The zero-order valence-electron chi connectivity index (χ0n) is 6.92. The molecule has 0 aliphatic rings. The summed E-state index contributed by atoms with van der Waals surface area (Å²) in [4.78, 5) is 11.1. The van der Waals surface area contributed by atoms with Gasteiger partial charge in [0.05, 0.1) is 16.6 Å². The number of halogens is 2. The van der Waals surface area contributed by atoms with E-state index in [0.29, 0.717) is 6.07 Å². The van der Waals surface area contributed by atoms with Gasteiger partial charge in [0.25, 0.3) is 0 Å². The maximum absolute atomic E-state index is 13.2. The first kappa shape index (κ1) is 10.9. The maximum Gasteiger partial charge on any atom is 0.180 e. The summed E-state index contributed by atoms with van der Waals surface area (Å²) in [6.07, 6.45) is 0. The third kappa shape index (κ3) is 1.71. The molecule has 1 aromatic rings. The largest absolute Gasteiger partial charge is 0.504 e. The van der Waals surface area contributed by atoms with Gasteiger partial charge < -0.3 is 15.9 Å². The van der Waals surface area contributed by atoms with Gasteiger partial charge >= 0.3 is 0 Å². The van der Waals surface area contributed by atoms with Gasteiger partial charge in [-0.05, 0) is 15.9 Å². The molecule has 0 spiro atoms. The minimum Gasteiger partial charge on any atom is -0.504 e. The van der Waals surface area contributed by atoms with Gasteiger partial charge in [0.2, 0.25) is 0 Å². The molecule has 0 aliphatic heterocycles. The Kier molecular flexibility index (Phi) is 3.07. The zero-order chi connectivity index (χ0) is 10.9. The number of rotatable bonds is 2. The Morgan fingerprint density at radius 2 is 2.14 bits per heavy atom. The lowest BCUT2D eigenvalue weighted by atomic mass is 10.1. The van der Waals surface area contributed by atoms with E-state index in [0.717, 1.165) is 0 Å². The van der Waals surface area contributed by atoms with E-state index in [4.69, 9.17) is 10.8 Å². The number of Topliss-reactive ketones (excluding diaryl/α,β-unsaturated/α-hetero) is 1. The van der Waals surface area contributed by atoms with Crippen LogP contribution in [0.3, 0.4) is 0 Å². The number of hydrogen-bond donors (Lipinski definition) is 3. The predicted molar refractivity (Wildman–Crippen MR) is 50.8 cm³/mol. The van der Waals surface area contributed by atoms with Crippen molar-refractivity contribution in [1.29, 1.82) is 0 Å². The van der Waals surface area contributed by atoms with Gasteiger partial charge in [0.15, 0.2) is 17.3 Å². The fourth-order valence-electron chi connectivity index (χ4n) is 0.954. The fraction of sp³-hybridized carbons (Fsp3) is 0.125. The van der Waals surface area contributed by atoms with E-state index in [9.17, 15) is 14.3 Å². The summed E-state index contributed by atoms with van der Waals surface area (Å²) in [7, 11) is 0. The van der Waals surface area contributed by atoms with Crippen molar-refractivity contribution in [2.24, 2.45) is 5.73 Å². The van der Waals surface area contributed by atoms with Crippen LogP contribution in [0.1, 0.15) is 10.4 Å². The molecule has 76 valence electrons. The zero-order valence-corrected chi connectivity index (χ0v) is 8.51. The number of phenols is 2. The molecule has 4 nitrogen and oxygen atoms in total. The first-order valence-corrected chi connectivity index (χ1v) is 4.41. The molecule has 0 heterocycles. The second-order valence-corrected chi connectivity index (χ2v) is 3.34. The Balaban J connectivity index is 3.44. The molecular formula is C8H7BrFNO3. The summed E-state index contributed by atoms with van der Waals surface area (Å²) < 4.78 is 13.0. The van der Waals surface area contributed by atoms with E-state index in [1.165, 1.54) is 0 Å². The van der Waals surface area contributed by atoms with Crippen molar-refractivity contribution in [3.8, 4) is 11.5 Å². The summed E-state index contributed by atoms with van der Waals surface area (Å²) in [5.74, 6) is -2.81. The summed E-state index contributed by atoms with van der Waals surface area (Å²) in [6, 6.07) is 0.656. The second-order valence-electron chi connectivity index (χ2n) is 2.54. The van der Waals surface area contributed by atoms with Crippen molar-refractivity contribution in [3.05, 3.63) is 21.9 Å². The molecular weight excluding hydrogens is 257 g/mol. The number of phenolic OH excluding ortho intramolecular Hbond substituents is 2. The van der Waals surface area contributed by atoms with Crippen molar-refractivity contribution in [3.63, 3.8) is 0 Å². The molecule has 14 heavy (non-hydrogen) atoms. The van der Waals surface area contributed by atoms with Crippen molar-refractivity contribution < 1.29 is 19.4 Å². The summed E-state index contributed by atoms with van der Waals surface area (Å²) >= 11 is 2.80. The summed E-state index contributed by atoms with van der Waals surface area (Å²) in [6.45, 7) is -0.375. The van der Waals surface area contributed by atoms with Gasteiger partial charge in [0, 0.05) is 6.07 Å². The first-order valence-electron chi connectivity index (χ1n) is 3.62. The lowest BCUT2D eigenvalue weighted by Crippen LogP contribution is -2.15. The number of carbonyl (C=O) groups excluding carboxylic acids is 1. The molecule has 0 aromatic heterocycles. The lowest BCUT2D eigenvalue weighted by Gasteiger charge is -2.07. The molecule has 0 fully saturated rings. The van der Waals surface area contributed by atoms with E-state index in [1.807, 2.05) is 0 Å². The molecule has 1 aromatic carbocycles. The molecule has 0 unspecified atom stereocenters. The number of ketones is 1. The van der Waals surface area contributed by atoms with Crippen molar-refractivity contribution in [2.45, 2.75) is 0 Å². The number of nitrogens with two attached hydrogens (primary N) is 1. The Labute approximate surface area is 87.3 Å². The van der Waals surface area contributed by atoms with Gasteiger partial charge in [-0.3, -0.25) is 4.79 Å². The monoisotopic (exact) mass is 263 g/mol. The third-order valence-electron chi connectivity index (χ3n) is 1.64. The van der Waals surface area contributed by atoms with Crippen molar-refractivity contribution in [2.75, 3.05) is 6.54 Å². The van der Waals surface area contributed by atoms with E-state index in [1.54, 1.807) is 0 Å². The average molecular weight is 264 g/mol. The number of carbonyl (C=O) groups is 1. The topological polar surface area (TPSA) is 83.6 Å². The van der Waals surface area contributed by atoms with Gasteiger partial charge in [-0.1, -0.05) is 0 Å². The van der Waals surface area contributed by atoms with Crippen LogP contribution < -0.4 is 5.73 Å². The molecule has 0 saturated heterocycles. The highest BCUT2D eigenvalue weighted by molar-refractivity contribution is 9.10. The molecule has 1 rings (SSSR count). The Morgan fingerprint density at radius 3 is 2.64 bits per heavy atom. The molecule has 0 atom stereocenters. The van der Waals surface area contributed by atoms with Gasteiger partial charge in [-0.15, -0.1) is 0 Å². The van der Waals surface area contributed by atoms with Crippen LogP contribution in [-0.2, 0) is 0 Å². The third-order valence-corrected chi connectivity index (χ3v) is 2.41. The highest BCUT2D eigenvalue weighted by Crippen LogP contribution is 2.37. The Bertz CT molecular complexity index is 395. The number of benzene rings is 1. The summed E-state index contributed by atoms with van der Waals surface area (Å²) in [5.41, 5.74) is 4.69. The van der Waals surface area contributed by atoms with Crippen LogP contribution in [0.5, 0.6) is 11.5 Å². The minimum atomic E-state index is -0.928. The molecule has 6 heteroatoms. The van der Waals surface area contributed by atoms with Crippen LogP contribution >= 0.6 is 15.9 Å². The highest BCUT2D eigenvalue weighted by atomic mass is 79.9. The quantitative estimate of drug-likeness (QED) is 0.552. The van der Waals surface area contributed by atoms with E-state index in [2.05, 4.69) is 15.9 Å². The van der Waals surface area contributed by atoms with Gasteiger partial charge in [0.1, 0.15) is 5.82 Å². The van der Waals surface area contributed by atoms with E-state index in [-0.39, 0.29) is 16.6 Å². The molecule has 0 saturated carbocycles. The van der Waals surface area contributed by atoms with Crippen LogP contribution in [0.15, 0.2) is 10.5 Å². The number of aromatic hydroxyl groups is 2. The smallest absolute Gasteiger partial charge is 0.180 e. The average Bonchev–Trinajstić information content (AvgIpc) is 2.14. The fourth-order valence-corrected chi connectivity index (χ4v) is 1.57. The summed E-state index contributed by atoms with van der Waals surface area (Å²) in [5, 5.41) is 18.2. The Hall–Kier alpha value is -1.14. The Morgan fingerprint density at radius 1 is 1.57 bits per heavy atom. The standard InChI is InChI=1S/C8H7BrFNO3/c9-7-6(5(13)2-11)3(10)1-4(12)8(7)14/h1,12,14H,2,11H2. The van der Waals surface area contributed by atoms with Crippen LogP contribution in [0.4, 0.5) is 4.39 Å². The van der Waals surface area contributed by atoms with Crippen LogP contribution in [-0.4, -0.2) is 22.5 Å². The SMILES string of the molecule is NCC(=O)c1c(F)cc(O)c(O)c1Br. The molecule has 0 radical (unpaired) electrons. The molecule has 0 amide bonds. The lowest BCUT2D eigenvalue weighted by molar-refractivity contribution is 0.0996. The maximum atomic E-state index is 13.2. The van der Waals surface area contributed by atoms with Crippen LogP contribution in [0, 0.1) is 5.82 Å². The molecule has 0 bridgehead atoms. The highest BCUT2D eigenvalue weighted by Gasteiger charge is 2.20. The van der Waals surface area contributed by atoms with Gasteiger partial charge in [-0.2, -0.15) is 0 Å². The van der Waals surface area contributed by atoms with E-state index < -0.39 is 23.1 Å². The van der Waals surface area contributed by atoms with Crippen LogP contribution in [0.25, 0.3) is 0 Å². The molecule has 4 N–H and O–H groups in total. The van der Waals surface area contributed by atoms with E-state index >= 15 is 0 Å².